The quantitative estimate of drug-likeness (QED) is 0.0340. The van der Waals surface area contributed by atoms with Gasteiger partial charge >= 0.3 is 12.2 Å². The number of thioether (sulfide) groups is 1. The molecule has 9 aromatic heterocycles. The maximum atomic E-state index is 13.3. The Morgan fingerprint density at radius 1 is 0.524 bits per heavy atom. The average Bonchev–Trinajstić information content (AvgIpc) is 1.58. The molecule has 0 atom stereocenters. The second kappa shape index (κ2) is 30.7. The van der Waals surface area contributed by atoms with Crippen LogP contribution in [0.3, 0.4) is 0 Å². The van der Waals surface area contributed by atoms with E-state index in [4.69, 9.17) is 48.3 Å². The predicted molar refractivity (Wildman–Crippen MR) is 471 cm³/mol. The molecule has 12 aromatic rings. The van der Waals surface area contributed by atoms with Gasteiger partial charge in [0.05, 0.1) is 17.2 Å². The van der Waals surface area contributed by atoms with Crippen molar-refractivity contribution in [3.63, 3.8) is 0 Å². The zero-order chi connectivity index (χ0) is 86.8. The fourth-order valence-electron chi connectivity index (χ4n) is 17.7. The number of anilines is 5. The summed E-state index contributed by atoms with van der Waals surface area (Å²) in [5.74, 6) is 2.47. The summed E-state index contributed by atoms with van der Waals surface area (Å²) in [6, 6.07) is 38.0. The van der Waals surface area contributed by atoms with E-state index in [2.05, 4.69) is 87.0 Å². The second-order valence-electron chi connectivity index (χ2n) is 36.1. The van der Waals surface area contributed by atoms with Crippen LogP contribution in [0.5, 0.6) is 0 Å². The molecular weight excluding hydrogens is 1590 g/mol. The Labute approximate surface area is 720 Å². The first-order valence-corrected chi connectivity index (χ1v) is 43.7. The molecule has 31 nitrogen and oxygen atoms in total. The third-order valence-electron chi connectivity index (χ3n) is 25.1. The molecule has 6 aliphatic carbocycles. The monoisotopic (exact) mass is 1680 g/mol. The molecule has 5 N–H and O–H groups in total. The maximum absolute atomic E-state index is 13.3. The largest absolute Gasteiger partial charge is 0.444 e. The van der Waals surface area contributed by atoms with E-state index in [-0.39, 0.29) is 39.7 Å². The number of aromatic nitrogens is 15. The first kappa shape index (κ1) is 81.9. The molecule has 0 radical (unpaired) electrons. The molecule has 3 spiro atoms. The number of nitriles is 1. The molecule has 124 heavy (non-hydrogen) atoms. The molecule has 3 aromatic carbocycles. The summed E-state index contributed by atoms with van der Waals surface area (Å²) in [6.45, 7) is 38.1. The van der Waals surface area contributed by atoms with Gasteiger partial charge in [-0.1, -0.05) is 48.2 Å². The van der Waals surface area contributed by atoms with Crippen LogP contribution in [0.15, 0.2) is 147 Å². The number of benzene rings is 3. The Balaban J connectivity index is 0.000000117. The standard InChI is InChI=1S/C32H34N8O3.C27H26N8O.C17H16N6OS.C16H22N2O2/c1-6-39-27(41)22-17-34-28(37-26(22)40(39)25-9-7-8-24(36-25)32(33-5)14-15-32)35-21-10-11-23-20(16-21)18-38(19-31(23)12-13-31)29(42)43-30(2,3)4;1-3-34-24(36)19-15-30-25(31-18-7-8-20-17(13-18)14-29-16-26(20)9-10-26)33-23(19)35(34)22-6-4-5-21(32-22)27(28-2)11-12-27;1-3-22-15(24)11-9-19-16(25-2)21-14(11)23(22)13-6-4-5-12(20-13)17(10-18)7-8-17;1-15(2,3)20-14(19)18-9-11-8-12(17)4-5-13(11)16(10-18)6-7-16/h7-11,16-17H,6,12-15,18-19H2,1-4H3,(H,34,35,37);4-8,13,15,29H,3,9-12,14,16H2,1H3,(H,30,31,33);4-6,9H,3,7-8H2,1-2H3;4-5,8H,6-7,9-10,17H2,1-3H3. The summed E-state index contributed by atoms with van der Waals surface area (Å²) in [4.78, 5) is 117. The van der Waals surface area contributed by atoms with Crippen molar-refractivity contribution in [3.05, 3.63) is 232 Å². The van der Waals surface area contributed by atoms with Gasteiger partial charge in [-0.25, -0.2) is 85.7 Å². The van der Waals surface area contributed by atoms with Gasteiger partial charge < -0.3 is 50.6 Å². The van der Waals surface area contributed by atoms with Crippen LogP contribution in [0, 0.1) is 24.5 Å². The molecule has 0 unspecified atom stereocenters. The second-order valence-corrected chi connectivity index (χ2v) is 36.9. The van der Waals surface area contributed by atoms with E-state index >= 15 is 0 Å². The number of nitrogen functional groups attached to an aromatic ring is 1. The van der Waals surface area contributed by atoms with Crippen LogP contribution in [0.4, 0.5) is 38.5 Å². The Bertz CT molecular complexity index is 6670. The number of ether oxygens (including phenoxy) is 2. The lowest BCUT2D eigenvalue weighted by atomic mass is 9.87. The lowest BCUT2D eigenvalue weighted by molar-refractivity contribution is 0.0187. The lowest BCUT2D eigenvalue weighted by Gasteiger charge is -2.36. The average molecular weight is 1680 g/mol. The van der Waals surface area contributed by atoms with Crippen molar-refractivity contribution in [2.45, 2.75) is 228 Å². The zero-order valence-electron chi connectivity index (χ0n) is 71.3. The highest BCUT2D eigenvalue weighted by Gasteiger charge is 2.56. The Morgan fingerprint density at radius 3 is 1.33 bits per heavy atom. The first-order valence-electron chi connectivity index (χ1n) is 42.5. The van der Waals surface area contributed by atoms with Gasteiger partial charge in [-0.2, -0.15) is 15.2 Å². The number of carbonyl (C=O) groups excluding carboxylic acids is 2. The number of pyridine rings is 3. The van der Waals surface area contributed by atoms with Gasteiger partial charge in [0.25, 0.3) is 27.8 Å². The van der Waals surface area contributed by atoms with Crippen LogP contribution in [0.2, 0.25) is 0 Å². The Morgan fingerprint density at radius 2 is 0.927 bits per heavy atom. The molecule has 9 aliphatic rings. The van der Waals surface area contributed by atoms with Gasteiger partial charge in [0.1, 0.15) is 38.7 Å². The van der Waals surface area contributed by atoms with Gasteiger partial charge in [-0.3, -0.25) is 14.4 Å². The number of rotatable bonds is 14. The molecule has 634 valence electrons. The summed E-state index contributed by atoms with van der Waals surface area (Å²) in [7, 11) is 0. The van der Waals surface area contributed by atoms with Crippen molar-refractivity contribution >= 4 is 86.0 Å². The molecule has 6 saturated carbocycles. The smallest absolute Gasteiger partial charge is 0.410 e. The van der Waals surface area contributed by atoms with E-state index in [0.29, 0.717) is 118 Å². The highest BCUT2D eigenvalue weighted by Crippen LogP contribution is 2.56. The van der Waals surface area contributed by atoms with E-state index in [1.165, 1.54) is 52.4 Å². The van der Waals surface area contributed by atoms with Crippen LogP contribution in [0.1, 0.15) is 190 Å². The van der Waals surface area contributed by atoms with Gasteiger partial charge in [-0.05, 0) is 226 Å². The van der Waals surface area contributed by atoms with Crippen molar-refractivity contribution in [2.75, 3.05) is 42.3 Å². The van der Waals surface area contributed by atoms with Gasteiger partial charge in [0.2, 0.25) is 11.9 Å². The van der Waals surface area contributed by atoms with Crippen molar-refractivity contribution in [3.8, 4) is 23.5 Å². The van der Waals surface area contributed by atoms with Crippen molar-refractivity contribution in [2.24, 2.45) is 0 Å². The normalized spacial score (nSPS) is 17.8. The van der Waals surface area contributed by atoms with Crippen LogP contribution in [-0.4, -0.2) is 132 Å². The third kappa shape index (κ3) is 15.2. The van der Waals surface area contributed by atoms with Crippen LogP contribution in [0.25, 0.3) is 60.2 Å². The molecule has 12 heterocycles. The summed E-state index contributed by atoms with van der Waals surface area (Å²) < 4.78 is 21.2. The van der Waals surface area contributed by atoms with Crippen LogP contribution in [-0.2, 0) is 81.5 Å². The fraction of sp³-hybridized carbons (Fsp3) is 0.424. The molecule has 6 fully saturated rings. The highest BCUT2D eigenvalue weighted by molar-refractivity contribution is 7.98. The minimum atomic E-state index is -0.567. The van der Waals surface area contributed by atoms with Crippen molar-refractivity contribution in [1.29, 1.82) is 5.26 Å². The zero-order valence-corrected chi connectivity index (χ0v) is 72.1. The lowest BCUT2D eigenvalue weighted by Crippen LogP contribution is -2.44. The van der Waals surface area contributed by atoms with Crippen molar-refractivity contribution in [1.82, 2.24) is 88.1 Å². The Kier molecular flexibility index (Phi) is 20.3. The number of nitrogens with zero attached hydrogens (tertiary/aromatic N) is 20. The van der Waals surface area contributed by atoms with E-state index in [9.17, 15) is 29.2 Å². The minimum absolute atomic E-state index is 0.00854. The number of nitrogens with one attached hydrogen (secondary N) is 3. The van der Waals surface area contributed by atoms with Gasteiger partial charge in [-0.15, -0.1) is 0 Å². The Hall–Kier alpha value is -13.1. The molecule has 21 rings (SSSR count). The topological polar surface area (TPSA) is 350 Å². The maximum Gasteiger partial charge on any atom is 0.410 e. The van der Waals surface area contributed by atoms with E-state index in [0.717, 1.165) is 118 Å². The summed E-state index contributed by atoms with van der Waals surface area (Å²) in [5, 5.41) is 21.5. The predicted octanol–water partition coefficient (Wildman–Crippen LogP) is 14.5. The number of carbonyl (C=O) groups is 2. The van der Waals surface area contributed by atoms with Gasteiger partial charge in [0, 0.05) is 136 Å². The minimum Gasteiger partial charge on any atom is -0.444 e. The molecule has 3 aliphatic heterocycles. The summed E-state index contributed by atoms with van der Waals surface area (Å²) in [6.07, 6.45) is 17.8. The number of hydrogen-bond acceptors (Lipinski definition) is 22. The van der Waals surface area contributed by atoms with Gasteiger partial charge in [0.15, 0.2) is 39.6 Å². The molecule has 32 heteroatoms. The third-order valence-corrected chi connectivity index (χ3v) is 25.7. The molecule has 0 bridgehead atoms. The summed E-state index contributed by atoms with van der Waals surface area (Å²) >= 11 is 1.42. The van der Waals surface area contributed by atoms with E-state index in [1.807, 2.05) is 152 Å². The summed E-state index contributed by atoms with van der Waals surface area (Å²) in [5.41, 5.74) is 17.1. The number of amides is 2. The SMILES string of the molecule is CC(C)(C)OC(=O)N1Cc2cc(N)ccc2C2(CC2)C1.CCn1c(=O)c2cnc(SC)nc2n1-c1cccc(C2(C#N)CC2)n1.[C-]#[N+]C1(c2cccc(-n3c4nc(Nc5ccc6c(c5)CN(C(=O)OC(C)(C)C)CC65CC5)ncc4c(=O)n3CC)n2)CC1.[C-]#[N+]C1(c2cccc(-n3c4nc(Nc5ccc6c(c5)CNCC65CC5)ncc4c(=O)n3CC)n2)CC1. The number of fused-ring (bicyclic) bond motifs is 9. The first-order chi connectivity index (χ1) is 59.5. The highest BCUT2D eigenvalue weighted by atomic mass is 32.2. The molecule has 0 saturated heterocycles. The number of nitrogens with two attached hydrogens (primary N) is 1. The van der Waals surface area contributed by atoms with E-state index < -0.39 is 27.7 Å². The molecule has 2 amide bonds. The van der Waals surface area contributed by atoms with Crippen LogP contribution < -0.4 is 38.4 Å². The number of hydrogen-bond donors (Lipinski definition) is 4. The molecular formula is C92H98N24O7S. The van der Waals surface area contributed by atoms with Crippen molar-refractivity contribution < 1.29 is 19.1 Å². The fourth-order valence-corrected chi connectivity index (χ4v) is 18.0. The van der Waals surface area contributed by atoms with E-state index in [1.54, 1.807) is 51.6 Å². The van der Waals surface area contributed by atoms with Crippen LogP contribution >= 0.6 is 11.8 Å².